The number of piperidine rings is 2. The van der Waals surface area contributed by atoms with E-state index in [1.165, 1.54) is 6.07 Å². The molecule has 1 N–H and O–H groups in total. The summed E-state index contributed by atoms with van der Waals surface area (Å²) in [7, 11) is 0. The van der Waals surface area contributed by atoms with Crippen LogP contribution in [0.4, 0.5) is 10.1 Å². The van der Waals surface area contributed by atoms with E-state index < -0.39 is 5.82 Å². The van der Waals surface area contributed by atoms with E-state index in [9.17, 15) is 14.0 Å². The number of carbonyl (C=O) groups excluding carboxylic acids is 2. The highest BCUT2D eigenvalue weighted by atomic mass is 19.1. The number of amides is 2. The molecule has 154 valence electrons. The fourth-order valence-corrected chi connectivity index (χ4v) is 4.15. The molecular weight excluding hydrogens is 357 g/mol. The highest BCUT2D eigenvalue weighted by molar-refractivity contribution is 5.94. The van der Waals surface area contributed by atoms with Gasteiger partial charge >= 0.3 is 0 Å². The maximum absolute atomic E-state index is 14.0. The molecular formula is C22H32FN3O2. The molecule has 28 heavy (non-hydrogen) atoms. The Bertz CT molecular complexity index is 708. The van der Waals surface area contributed by atoms with E-state index >= 15 is 0 Å². The molecule has 5 nitrogen and oxygen atoms in total. The monoisotopic (exact) mass is 389 g/mol. The van der Waals surface area contributed by atoms with E-state index in [1.807, 2.05) is 18.7 Å². The summed E-state index contributed by atoms with van der Waals surface area (Å²) < 4.78 is 14.0. The summed E-state index contributed by atoms with van der Waals surface area (Å²) in [6, 6.07) is 4.44. The summed E-state index contributed by atoms with van der Waals surface area (Å²) in [5.41, 5.74) is 1.03. The molecule has 0 aliphatic carbocycles. The molecule has 2 heterocycles. The van der Waals surface area contributed by atoms with Gasteiger partial charge in [0.15, 0.2) is 0 Å². The molecule has 2 fully saturated rings. The number of hydrogen-bond donors (Lipinski definition) is 1. The van der Waals surface area contributed by atoms with Gasteiger partial charge in [-0.25, -0.2) is 4.39 Å². The molecule has 1 atom stereocenters. The second-order valence-electron chi connectivity index (χ2n) is 8.47. The lowest BCUT2D eigenvalue weighted by Gasteiger charge is -2.38. The van der Waals surface area contributed by atoms with Crippen LogP contribution in [0, 0.1) is 24.6 Å². The predicted octanol–water partition coefficient (Wildman–Crippen LogP) is 3.43. The Balaban J connectivity index is 1.49. The smallest absolute Gasteiger partial charge is 0.241 e. The number of rotatable bonds is 4. The molecule has 3 rings (SSSR count). The van der Waals surface area contributed by atoms with Crippen LogP contribution in [0.5, 0.6) is 0 Å². The lowest BCUT2D eigenvalue weighted by molar-refractivity contribution is -0.138. The molecule has 2 aliphatic rings. The van der Waals surface area contributed by atoms with Crippen molar-refractivity contribution in [3.63, 3.8) is 0 Å². The maximum atomic E-state index is 14.0. The van der Waals surface area contributed by atoms with Crippen molar-refractivity contribution in [2.45, 2.75) is 52.5 Å². The first-order valence-corrected chi connectivity index (χ1v) is 10.4. The maximum Gasteiger partial charge on any atom is 0.241 e. The van der Waals surface area contributed by atoms with Gasteiger partial charge < -0.3 is 10.2 Å². The molecule has 2 amide bonds. The Kier molecular flexibility index (Phi) is 6.70. The quantitative estimate of drug-likeness (QED) is 0.858. The molecule has 0 spiro atoms. The van der Waals surface area contributed by atoms with Gasteiger partial charge in [0.1, 0.15) is 5.82 Å². The number of hydrogen-bond acceptors (Lipinski definition) is 3. The van der Waals surface area contributed by atoms with Crippen LogP contribution < -0.4 is 5.32 Å². The van der Waals surface area contributed by atoms with Gasteiger partial charge in [-0.2, -0.15) is 0 Å². The van der Waals surface area contributed by atoms with Gasteiger partial charge in [0.25, 0.3) is 0 Å². The zero-order valence-corrected chi connectivity index (χ0v) is 17.2. The number of halogens is 1. The van der Waals surface area contributed by atoms with Crippen LogP contribution in [0.25, 0.3) is 0 Å². The lowest BCUT2D eigenvalue weighted by Crippen LogP contribution is -2.49. The number of benzene rings is 1. The number of carbonyl (C=O) groups is 2. The average molecular weight is 390 g/mol. The van der Waals surface area contributed by atoms with E-state index in [2.05, 4.69) is 17.1 Å². The Morgan fingerprint density at radius 1 is 1.11 bits per heavy atom. The molecule has 1 aromatic rings. The third-order valence-corrected chi connectivity index (χ3v) is 6.28. The number of nitrogens with one attached hydrogen (secondary N) is 1. The summed E-state index contributed by atoms with van der Waals surface area (Å²) in [4.78, 5) is 29.4. The first-order chi connectivity index (χ1) is 13.3. The van der Waals surface area contributed by atoms with Crippen molar-refractivity contribution >= 4 is 17.5 Å². The van der Waals surface area contributed by atoms with Crippen LogP contribution in [0.15, 0.2) is 18.2 Å². The summed E-state index contributed by atoms with van der Waals surface area (Å²) in [6.45, 7) is 9.08. The Morgan fingerprint density at radius 3 is 2.36 bits per heavy atom. The number of nitrogens with zero attached hydrogens (tertiary/aromatic N) is 2. The highest BCUT2D eigenvalue weighted by Gasteiger charge is 2.33. The van der Waals surface area contributed by atoms with E-state index in [0.29, 0.717) is 19.0 Å². The van der Waals surface area contributed by atoms with Crippen molar-refractivity contribution in [2.75, 3.05) is 31.5 Å². The molecule has 6 heteroatoms. The highest BCUT2D eigenvalue weighted by Crippen LogP contribution is 2.25. The standard InChI is InChI=1S/C22H32FN3O2/c1-15-6-10-26(11-7-15)22(28)18-8-12-25(13-9-18)17(3)21(27)24-20-5-4-16(2)14-19(20)23/h4-5,14-15,17-18H,6-13H2,1-3H3,(H,24,27). The van der Waals surface area contributed by atoms with Crippen LogP contribution in [-0.4, -0.2) is 53.8 Å². The minimum Gasteiger partial charge on any atom is -0.342 e. The van der Waals surface area contributed by atoms with Gasteiger partial charge in [0.2, 0.25) is 11.8 Å². The molecule has 1 unspecified atom stereocenters. The largest absolute Gasteiger partial charge is 0.342 e. The van der Waals surface area contributed by atoms with Crippen molar-refractivity contribution < 1.29 is 14.0 Å². The molecule has 0 radical (unpaired) electrons. The van der Waals surface area contributed by atoms with Crippen LogP contribution in [0.3, 0.4) is 0 Å². The van der Waals surface area contributed by atoms with Crippen LogP contribution in [-0.2, 0) is 9.59 Å². The normalized spacial score (nSPS) is 20.8. The average Bonchev–Trinajstić information content (AvgIpc) is 2.69. The number of aryl methyl sites for hydroxylation is 1. The van der Waals surface area contributed by atoms with Crippen molar-refractivity contribution in [2.24, 2.45) is 11.8 Å². The predicted molar refractivity (Wildman–Crippen MR) is 109 cm³/mol. The number of likely N-dealkylation sites (tertiary alicyclic amines) is 2. The number of anilines is 1. The molecule has 1 aromatic carbocycles. The summed E-state index contributed by atoms with van der Waals surface area (Å²) in [5, 5.41) is 2.69. The summed E-state index contributed by atoms with van der Waals surface area (Å²) in [5.74, 6) is 0.432. The Hall–Kier alpha value is -1.95. The van der Waals surface area contributed by atoms with Crippen molar-refractivity contribution in [1.82, 2.24) is 9.80 Å². The third kappa shape index (κ3) is 4.90. The van der Waals surface area contributed by atoms with E-state index in [1.54, 1.807) is 12.1 Å². The van der Waals surface area contributed by atoms with Gasteiger partial charge in [0.05, 0.1) is 11.7 Å². The summed E-state index contributed by atoms with van der Waals surface area (Å²) >= 11 is 0. The Labute approximate surface area is 167 Å². The van der Waals surface area contributed by atoms with Crippen LogP contribution >= 0.6 is 0 Å². The van der Waals surface area contributed by atoms with E-state index in [4.69, 9.17) is 0 Å². The van der Waals surface area contributed by atoms with Crippen LogP contribution in [0.2, 0.25) is 0 Å². The molecule has 2 aliphatic heterocycles. The molecule has 0 bridgehead atoms. The van der Waals surface area contributed by atoms with E-state index in [0.717, 1.165) is 44.3 Å². The fourth-order valence-electron chi connectivity index (χ4n) is 4.15. The van der Waals surface area contributed by atoms with Gasteiger partial charge in [-0.05, 0) is 76.2 Å². The van der Waals surface area contributed by atoms with Crippen molar-refractivity contribution in [3.8, 4) is 0 Å². The van der Waals surface area contributed by atoms with Gasteiger partial charge in [0, 0.05) is 19.0 Å². The SMILES string of the molecule is Cc1ccc(NC(=O)C(C)N2CCC(C(=O)N3CCC(C)CC3)CC2)c(F)c1. The first kappa shape index (κ1) is 20.8. The fraction of sp³-hybridized carbons (Fsp3) is 0.636. The second-order valence-corrected chi connectivity index (χ2v) is 8.47. The topological polar surface area (TPSA) is 52.7 Å². The minimum atomic E-state index is -0.416. The van der Waals surface area contributed by atoms with Gasteiger partial charge in [-0.1, -0.05) is 13.0 Å². The van der Waals surface area contributed by atoms with E-state index in [-0.39, 0.29) is 29.5 Å². The third-order valence-electron chi connectivity index (χ3n) is 6.28. The van der Waals surface area contributed by atoms with Gasteiger partial charge in [-0.3, -0.25) is 14.5 Å². The second kappa shape index (κ2) is 9.03. The zero-order chi connectivity index (χ0) is 20.3. The lowest BCUT2D eigenvalue weighted by atomic mass is 9.92. The molecule has 0 aromatic heterocycles. The Morgan fingerprint density at radius 2 is 1.75 bits per heavy atom. The minimum absolute atomic E-state index is 0.0643. The van der Waals surface area contributed by atoms with Crippen molar-refractivity contribution in [1.29, 1.82) is 0 Å². The zero-order valence-electron chi connectivity index (χ0n) is 17.2. The first-order valence-electron chi connectivity index (χ1n) is 10.4. The molecule has 0 saturated carbocycles. The van der Waals surface area contributed by atoms with Crippen molar-refractivity contribution in [3.05, 3.63) is 29.6 Å². The summed E-state index contributed by atoms with van der Waals surface area (Å²) in [6.07, 6.45) is 3.75. The van der Waals surface area contributed by atoms with Gasteiger partial charge in [-0.15, -0.1) is 0 Å². The van der Waals surface area contributed by atoms with Crippen LogP contribution in [0.1, 0.15) is 45.1 Å². The molecule has 2 saturated heterocycles.